The zero-order valence-corrected chi connectivity index (χ0v) is 9.53. The molecule has 2 atom stereocenters. The van der Waals surface area contributed by atoms with E-state index < -0.39 is 17.7 Å². The number of carbonyl (C=O) groups is 1. The van der Waals surface area contributed by atoms with Crippen LogP contribution in [0.3, 0.4) is 0 Å². The van der Waals surface area contributed by atoms with Gasteiger partial charge in [-0.15, -0.1) is 0 Å². The first-order chi connectivity index (χ1) is 6.84. The van der Waals surface area contributed by atoms with Crippen LogP contribution in [0.2, 0.25) is 0 Å². The normalized spacial score (nSPS) is 27.5. The van der Waals surface area contributed by atoms with Gasteiger partial charge < -0.3 is 15.5 Å². The topological polar surface area (TPSA) is 72.8 Å². The predicted molar refractivity (Wildman–Crippen MR) is 56.9 cm³/mol. The molecule has 0 spiro atoms. The van der Waals surface area contributed by atoms with Gasteiger partial charge in [0.1, 0.15) is 0 Å². The number of rotatable bonds is 1. The molecule has 2 unspecified atom stereocenters. The zero-order chi connectivity index (χ0) is 11.6. The molecule has 5 heteroatoms. The number of hydrogen-bond donors (Lipinski definition) is 3. The lowest BCUT2D eigenvalue weighted by atomic mass is 9.96. The molecular weight excluding hydrogens is 196 g/mol. The minimum atomic E-state index is -0.964. The number of nitrogens with one attached hydrogen (secondary N) is 1. The smallest absolute Gasteiger partial charge is 0.408 e. The van der Waals surface area contributed by atoms with E-state index in [1.807, 2.05) is 20.8 Å². The standard InChI is InChI=1S/C10H20N2O3/c1-10(2,3)12(9(14)15)7-4-5-11-6-8(7)13/h7-8,11,13H,4-6H2,1-3H3,(H,14,15). The Morgan fingerprint density at radius 3 is 2.47 bits per heavy atom. The van der Waals surface area contributed by atoms with Gasteiger partial charge >= 0.3 is 6.09 Å². The van der Waals surface area contributed by atoms with Gasteiger partial charge in [0.05, 0.1) is 12.1 Å². The Morgan fingerprint density at radius 2 is 2.07 bits per heavy atom. The summed E-state index contributed by atoms with van der Waals surface area (Å²) in [5, 5.41) is 22.0. The van der Waals surface area contributed by atoms with Crippen molar-refractivity contribution in [1.82, 2.24) is 10.2 Å². The van der Waals surface area contributed by atoms with E-state index in [0.717, 1.165) is 6.54 Å². The second kappa shape index (κ2) is 4.37. The first kappa shape index (κ1) is 12.3. The molecule has 1 saturated heterocycles. The Balaban J connectivity index is 2.83. The fraction of sp³-hybridized carbons (Fsp3) is 0.900. The Kier molecular flexibility index (Phi) is 3.57. The van der Waals surface area contributed by atoms with Gasteiger partial charge in [0.2, 0.25) is 0 Å². The van der Waals surface area contributed by atoms with Gasteiger partial charge in [-0.25, -0.2) is 4.79 Å². The van der Waals surface area contributed by atoms with Crippen LogP contribution in [0.1, 0.15) is 27.2 Å². The van der Waals surface area contributed by atoms with Crippen molar-refractivity contribution in [3.8, 4) is 0 Å². The summed E-state index contributed by atoms with van der Waals surface area (Å²) >= 11 is 0. The van der Waals surface area contributed by atoms with Crippen LogP contribution in [0, 0.1) is 0 Å². The molecule has 1 heterocycles. The molecule has 0 aliphatic carbocycles. The van der Waals surface area contributed by atoms with Crippen LogP contribution in [-0.2, 0) is 0 Å². The van der Waals surface area contributed by atoms with E-state index in [2.05, 4.69) is 5.32 Å². The van der Waals surface area contributed by atoms with Gasteiger partial charge in [0.25, 0.3) is 0 Å². The lowest BCUT2D eigenvalue weighted by molar-refractivity contribution is -0.00589. The second-order valence-corrected chi connectivity index (χ2v) is 4.95. The van der Waals surface area contributed by atoms with E-state index in [0.29, 0.717) is 13.0 Å². The first-order valence-corrected chi connectivity index (χ1v) is 5.25. The van der Waals surface area contributed by atoms with Crippen LogP contribution >= 0.6 is 0 Å². The summed E-state index contributed by atoms with van der Waals surface area (Å²) in [6.07, 6.45) is -0.924. The second-order valence-electron chi connectivity index (χ2n) is 4.95. The van der Waals surface area contributed by atoms with E-state index >= 15 is 0 Å². The molecule has 1 aliphatic heterocycles. The Labute approximate surface area is 90.1 Å². The molecule has 15 heavy (non-hydrogen) atoms. The Bertz CT molecular complexity index is 237. The van der Waals surface area contributed by atoms with E-state index in [9.17, 15) is 15.0 Å². The highest BCUT2D eigenvalue weighted by Gasteiger charge is 2.38. The molecule has 0 radical (unpaired) electrons. The van der Waals surface area contributed by atoms with Crippen molar-refractivity contribution in [3.05, 3.63) is 0 Å². The highest BCUT2D eigenvalue weighted by Crippen LogP contribution is 2.22. The maximum Gasteiger partial charge on any atom is 0.408 e. The summed E-state index contributed by atoms with van der Waals surface area (Å²) in [4.78, 5) is 12.5. The largest absolute Gasteiger partial charge is 0.465 e. The van der Waals surface area contributed by atoms with Gasteiger partial charge in [-0.1, -0.05) is 0 Å². The third-order valence-corrected chi connectivity index (χ3v) is 2.67. The number of aliphatic hydroxyl groups excluding tert-OH is 1. The Morgan fingerprint density at radius 1 is 1.47 bits per heavy atom. The van der Waals surface area contributed by atoms with Crippen LogP contribution in [0.15, 0.2) is 0 Å². The van der Waals surface area contributed by atoms with E-state index in [1.165, 1.54) is 4.90 Å². The van der Waals surface area contributed by atoms with Crippen LogP contribution in [0.25, 0.3) is 0 Å². The summed E-state index contributed by atoms with van der Waals surface area (Å²) in [6.45, 7) is 6.74. The number of carboxylic acid groups (broad SMARTS) is 1. The number of piperidine rings is 1. The number of aliphatic hydroxyl groups is 1. The average Bonchev–Trinajstić information content (AvgIpc) is 2.05. The molecule has 1 fully saturated rings. The first-order valence-electron chi connectivity index (χ1n) is 5.25. The molecule has 0 bridgehead atoms. The summed E-state index contributed by atoms with van der Waals surface area (Å²) < 4.78 is 0. The van der Waals surface area contributed by atoms with Crippen molar-refractivity contribution in [2.24, 2.45) is 0 Å². The third kappa shape index (κ3) is 2.82. The molecule has 0 aromatic heterocycles. The van der Waals surface area contributed by atoms with Crippen LogP contribution in [0.5, 0.6) is 0 Å². The molecule has 1 aliphatic rings. The molecular formula is C10H20N2O3. The predicted octanol–water partition coefficient (Wildman–Crippen LogP) is 0.488. The van der Waals surface area contributed by atoms with Crippen LogP contribution in [0.4, 0.5) is 4.79 Å². The number of amides is 1. The summed E-state index contributed by atoms with van der Waals surface area (Å²) in [5.74, 6) is 0. The minimum Gasteiger partial charge on any atom is -0.465 e. The monoisotopic (exact) mass is 216 g/mol. The molecule has 0 saturated carbocycles. The van der Waals surface area contributed by atoms with E-state index in [4.69, 9.17) is 0 Å². The highest BCUT2D eigenvalue weighted by molar-refractivity contribution is 5.66. The lowest BCUT2D eigenvalue weighted by Crippen LogP contribution is -2.60. The summed E-state index contributed by atoms with van der Waals surface area (Å²) in [7, 11) is 0. The van der Waals surface area contributed by atoms with Crippen molar-refractivity contribution in [2.75, 3.05) is 13.1 Å². The fourth-order valence-electron chi connectivity index (χ4n) is 2.06. The van der Waals surface area contributed by atoms with Gasteiger partial charge in [0.15, 0.2) is 0 Å². The quantitative estimate of drug-likeness (QED) is 0.596. The molecule has 0 aromatic rings. The van der Waals surface area contributed by atoms with Crippen molar-refractivity contribution in [2.45, 2.75) is 44.9 Å². The van der Waals surface area contributed by atoms with Crippen LogP contribution < -0.4 is 5.32 Å². The number of nitrogens with zero attached hydrogens (tertiary/aromatic N) is 1. The number of hydrogen-bond acceptors (Lipinski definition) is 3. The molecule has 0 aromatic carbocycles. The van der Waals surface area contributed by atoms with E-state index in [1.54, 1.807) is 0 Å². The van der Waals surface area contributed by atoms with Gasteiger partial charge in [0, 0.05) is 12.1 Å². The lowest BCUT2D eigenvalue weighted by Gasteiger charge is -2.43. The van der Waals surface area contributed by atoms with Crippen molar-refractivity contribution in [3.63, 3.8) is 0 Å². The zero-order valence-electron chi connectivity index (χ0n) is 9.53. The maximum absolute atomic E-state index is 11.2. The minimum absolute atomic E-state index is 0.302. The van der Waals surface area contributed by atoms with Crippen molar-refractivity contribution < 1.29 is 15.0 Å². The summed E-state index contributed by atoms with van der Waals surface area (Å²) in [5.41, 5.74) is -0.477. The molecule has 3 N–H and O–H groups in total. The average molecular weight is 216 g/mol. The molecule has 5 nitrogen and oxygen atoms in total. The van der Waals surface area contributed by atoms with Gasteiger partial charge in [-0.2, -0.15) is 0 Å². The third-order valence-electron chi connectivity index (χ3n) is 2.67. The number of β-amino-alcohol motifs (C(OH)–C–C–N with tert-alkyl or cyclic N) is 1. The Hall–Kier alpha value is -0.810. The fourth-order valence-corrected chi connectivity index (χ4v) is 2.06. The SMILES string of the molecule is CC(C)(C)N(C(=O)O)C1CCNCC1O. The molecule has 88 valence electrons. The molecule has 1 rings (SSSR count). The van der Waals surface area contributed by atoms with Crippen LogP contribution in [-0.4, -0.2) is 52.0 Å². The van der Waals surface area contributed by atoms with Crippen molar-refractivity contribution >= 4 is 6.09 Å². The van der Waals surface area contributed by atoms with E-state index in [-0.39, 0.29) is 6.04 Å². The van der Waals surface area contributed by atoms with Crippen molar-refractivity contribution in [1.29, 1.82) is 0 Å². The highest BCUT2D eigenvalue weighted by atomic mass is 16.4. The maximum atomic E-state index is 11.2. The van der Waals surface area contributed by atoms with Gasteiger partial charge in [-0.05, 0) is 33.7 Å². The van der Waals surface area contributed by atoms with Gasteiger partial charge in [-0.3, -0.25) is 4.90 Å². The molecule has 1 amide bonds. The summed E-state index contributed by atoms with van der Waals surface area (Å²) in [6, 6.07) is -0.302.